The Labute approximate surface area is 195 Å². The number of carbonyl (C=O) groups is 1. The molecule has 3 heterocycles. The molecule has 6 nitrogen and oxygen atoms in total. The maximum atomic E-state index is 12.0. The lowest BCUT2D eigenvalue weighted by atomic mass is 9.89. The molecule has 0 radical (unpaired) electrons. The number of imidazole rings is 1. The van der Waals surface area contributed by atoms with E-state index in [1.807, 2.05) is 26.0 Å². The second-order valence-electron chi connectivity index (χ2n) is 7.75. The standard InChI is InChI=1S/C23H26ClN3O3.C2H6/c1-16-11-18(13-19(24)12-16)17-3-6-26(7-4-17)9-10-30-20-14-21(23(28)29-2)27-8-5-25-22(27)15-20;1-2/h5,8,11-15,17H,3-4,6-7,9-10H2,1-2H3;1-2H3. The van der Waals surface area contributed by atoms with Crippen LogP contribution in [0.5, 0.6) is 5.75 Å². The predicted octanol–water partition coefficient (Wildman–Crippen LogP) is 5.37. The number of rotatable bonds is 6. The number of methoxy groups -OCH3 is 1. The molecule has 0 unspecified atom stereocenters. The van der Waals surface area contributed by atoms with Gasteiger partial charge in [-0.3, -0.25) is 9.30 Å². The van der Waals surface area contributed by atoms with Crippen LogP contribution < -0.4 is 4.74 Å². The van der Waals surface area contributed by atoms with Crippen LogP contribution in [-0.2, 0) is 4.74 Å². The number of ether oxygens (including phenoxy) is 2. The fourth-order valence-electron chi connectivity index (χ4n) is 4.13. The molecule has 1 aliphatic rings. The fourth-order valence-corrected chi connectivity index (χ4v) is 4.42. The van der Waals surface area contributed by atoms with E-state index in [-0.39, 0.29) is 0 Å². The lowest BCUT2D eigenvalue weighted by Crippen LogP contribution is -2.35. The zero-order valence-electron chi connectivity index (χ0n) is 19.3. The van der Waals surface area contributed by atoms with E-state index >= 15 is 0 Å². The highest BCUT2D eigenvalue weighted by molar-refractivity contribution is 6.30. The van der Waals surface area contributed by atoms with Crippen molar-refractivity contribution in [1.29, 1.82) is 0 Å². The average molecular weight is 458 g/mol. The molecular weight excluding hydrogens is 426 g/mol. The Balaban J connectivity index is 0.00000141. The average Bonchev–Trinajstić information content (AvgIpc) is 3.28. The summed E-state index contributed by atoms with van der Waals surface area (Å²) in [4.78, 5) is 18.7. The number of nitrogens with zero attached hydrogens (tertiary/aromatic N) is 3. The van der Waals surface area contributed by atoms with Crippen molar-refractivity contribution in [2.75, 3.05) is 33.4 Å². The summed E-state index contributed by atoms with van der Waals surface area (Å²) in [6.07, 6.45) is 5.62. The summed E-state index contributed by atoms with van der Waals surface area (Å²) in [5.74, 6) is 0.769. The van der Waals surface area contributed by atoms with Crippen molar-refractivity contribution in [1.82, 2.24) is 14.3 Å². The molecule has 0 spiro atoms. The monoisotopic (exact) mass is 457 g/mol. The number of piperidine rings is 1. The first kappa shape index (κ1) is 24.1. The van der Waals surface area contributed by atoms with Crippen LogP contribution in [-0.4, -0.2) is 53.6 Å². The molecule has 2 aromatic heterocycles. The van der Waals surface area contributed by atoms with Crippen molar-refractivity contribution in [2.45, 2.75) is 39.5 Å². The van der Waals surface area contributed by atoms with E-state index in [0.717, 1.165) is 37.5 Å². The molecule has 0 bridgehead atoms. The molecule has 1 aliphatic heterocycles. The topological polar surface area (TPSA) is 56.1 Å². The van der Waals surface area contributed by atoms with Gasteiger partial charge in [-0.15, -0.1) is 0 Å². The number of halogens is 1. The van der Waals surface area contributed by atoms with Gasteiger partial charge in [0, 0.05) is 36.1 Å². The molecule has 1 saturated heterocycles. The van der Waals surface area contributed by atoms with Crippen molar-refractivity contribution in [3.8, 4) is 5.75 Å². The third-order valence-electron chi connectivity index (χ3n) is 5.67. The summed E-state index contributed by atoms with van der Waals surface area (Å²) in [7, 11) is 1.37. The summed E-state index contributed by atoms with van der Waals surface area (Å²) >= 11 is 6.23. The maximum absolute atomic E-state index is 12.0. The summed E-state index contributed by atoms with van der Waals surface area (Å²) < 4.78 is 12.5. The van der Waals surface area contributed by atoms with Gasteiger partial charge < -0.3 is 9.47 Å². The minimum atomic E-state index is -0.415. The van der Waals surface area contributed by atoms with Crippen LogP contribution in [0.3, 0.4) is 0 Å². The van der Waals surface area contributed by atoms with Gasteiger partial charge in [-0.25, -0.2) is 9.78 Å². The molecule has 0 saturated carbocycles. The van der Waals surface area contributed by atoms with E-state index in [1.165, 1.54) is 18.2 Å². The number of benzene rings is 1. The van der Waals surface area contributed by atoms with Crippen molar-refractivity contribution in [3.63, 3.8) is 0 Å². The molecular formula is C25H32ClN3O3. The quantitative estimate of drug-likeness (QED) is 0.466. The van der Waals surface area contributed by atoms with Crippen molar-refractivity contribution in [2.24, 2.45) is 0 Å². The van der Waals surface area contributed by atoms with Crippen LogP contribution in [0.4, 0.5) is 0 Å². The van der Waals surface area contributed by atoms with Crippen molar-refractivity contribution >= 4 is 23.2 Å². The predicted molar refractivity (Wildman–Crippen MR) is 128 cm³/mol. The van der Waals surface area contributed by atoms with Gasteiger partial charge in [0.05, 0.1) is 7.11 Å². The van der Waals surface area contributed by atoms with Crippen LogP contribution in [0.2, 0.25) is 5.02 Å². The number of esters is 1. The minimum absolute atomic E-state index is 0.403. The normalized spacial score (nSPS) is 14.7. The molecule has 172 valence electrons. The van der Waals surface area contributed by atoms with E-state index in [9.17, 15) is 4.79 Å². The van der Waals surface area contributed by atoms with Crippen LogP contribution in [0.1, 0.15) is 54.2 Å². The minimum Gasteiger partial charge on any atom is -0.492 e. The van der Waals surface area contributed by atoms with Gasteiger partial charge in [0.25, 0.3) is 0 Å². The Bertz CT molecular complexity index is 1020. The van der Waals surface area contributed by atoms with Gasteiger partial charge in [0.15, 0.2) is 0 Å². The smallest absolute Gasteiger partial charge is 0.355 e. The molecule has 3 aromatic rings. The summed E-state index contributed by atoms with van der Waals surface area (Å²) in [5.41, 5.74) is 3.62. The number of likely N-dealkylation sites (tertiary alicyclic amines) is 1. The Kier molecular flexibility index (Phi) is 8.53. The first-order chi connectivity index (χ1) is 15.5. The van der Waals surface area contributed by atoms with Gasteiger partial charge in [-0.1, -0.05) is 31.5 Å². The summed E-state index contributed by atoms with van der Waals surface area (Å²) in [5, 5.41) is 0.821. The van der Waals surface area contributed by atoms with E-state index in [2.05, 4.69) is 28.9 Å². The third kappa shape index (κ3) is 5.81. The van der Waals surface area contributed by atoms with E-state index in [1.54, 1.807) is 22.9 Å². The number of hydrogen-bond donors (Lipinski definition) is 0. The Morgan fingerprint density at radius 2 is 1.91 bits per heavy atom. The largest absolute Gasteiger partial charge is 0.492 e. The van der Waals surface area contributed by atoms with Crippen molar-refractivity contribution < 1.29 is 14.3 Å². The second kappa shape index (κ2) is 11.3. The number of pyridine rings is 1. The van der Waals surface area contributed by atoms with Gasteiger partial charge in [-0.2, -0.15) is 0 Å². The molecule has 4 rings (SSSR count). The molecule has 0 amide bonds. The second-order valence-corrected chi connectivity index (χ2v) is 8.19. The highest BCUT2D eigenvalue weighted by Gasteiger charge is 2.21. The van der Waals surface area contributed by atoms with Crippen molar-refractivity contribution in [3.05, 3.63) is 64.6 Å². The zero-order chi connectivity index (χ0) is 23.1. The molecule has 0 N–H and O–H groups in total. The Hall–Kier alpha value is -2.57. The summed E-state index contributed by atoms with van der Waals surface area (Å²) in [6, 6.07) is 9.89. The number of fused-ring (bicyclic) bond motifs is 1. The SMILES string of the molecule is CC.COC(=O)c1cc(OCCN2CCC(c3cc(C)cc(Cl)c3)CC2)cc2nccn12. The molecule has 1 aromatic carbocycles. The molecule has 1 fully saturated rings. The lowest BCUT2D eigenvalue weighted by Gasteiger charge is -2.32. The van der Waals surface area contributed by atoms with Gasteiger partial charge in [-0.05, 0) is 62.0 Å². The number of aromatic nitrogens is 2. The van der Waals surface area contributed by atoms with Crippen LogP contribution >= 0.6 is 11.6 Å². The first-order valence-corrected chi connectivity index (χ1v) is 11.6. The van der Waals surface area contributed by atoms with Crippen LogP contribution in [0.25, 0.3) is 5.65 Å². The summed E-state index contributed by atoms with van der Waals surface area (Å²) in [6.45, 7) is 9.56. The third-order valence-corrected chi connectivity index (χ3v) is 5.89. The van der Waals surface area contributed by atoms with E-state index in [4.69, 9.17) is 21.1 Å². The van der Waals surface area contributed by atoms with Crippen LogP contribution in [0, 0.1) is 6.92 Å². The Morgan fingerprint density at radius 3 is 2.59 bits per heavy atom. The van der Waals surface area contributed by atoms with E-state index < -0.39 is 5.97 Å². The molecule has 0 atom stereocenters. The van der Waals surface area contributed by atoms with Gasteiger partial charge in [0.1, 0.15) is 23.7 Å². The highest BCUT2D eigenvalue weighted by atomic mass is 35.5. The first-order valence-electron chi connectivity index (χ1n) is 11.2. The van der Waals surface area contributed by atoms with Crippen LogP contribution in [0.15, 0.2) is 42.7 Å². The number of hydrogen-bond acceptors (Lipinski definition) is 5. The molecule has 0 aliphatic carbocycles. The Morgan fingerprint density at radius 1 is 1.16 bits per heavy atom. The fraction of sp³-hybridized carbons (Fsp3) is 0.440. The highest BCUT2D eigenvalue weighted by Crippen LogP contribution is 2.30. The maximum Gasteiger partial charge on any atom is 0.355 e. The van der Waals surface area contributed by atoms with Gasteiger partial charge >= 0.3 is 5.97 Å². The zero-order valence-corrected chi connectivity index (χ0v) is 20.1. The van der Waals surface area contributed by atoms with E-state index in [0.29, 0.717) is 29.6 Å². The number of carbonyl (C=O) groups excluding carboxylic acids is 1. The van der Waals surface area contributed by atoms with Gasteiger partial charge in [0.2, 0.25) is 0 Å². The molecule has 32 heavy (non-hydrogen) atoms. The lowest BCUT2D eigenvalue weighted by molar-refractivity contribution is 0.0591. The number of aryl methyl sites for hydroxylation is 1. The molecule has 7 heteroatoms.